The van der Waals surface area contributed by atoms with Crippen molar-refractivity contribution in [1.29, 1.82) is 0 Å². The van der Waals surface area contributed by atoms with Crippen LogP contribution in [0, 0.1) is 0 Å². The van der Waals surface area contributed by atoms with Gasteiger partial charge in [0.2, 0.25) is 0 Å². The van der Waals surface area contributed by atoms with Gasteiger partial charge < -0.3 is 9.84 Å². The minimum Gasteiger partial charge on any atom is -0.507 e. The van der Waals surface area contributed by atoms with Crippen molar-refractivity contribution < 1.29 is 14.6 Å². The van der Waals surface area contributed by atoms with Crippen LogP contribution in [0.4, 0.5) is 0 Å². The third-order valence-electron chi connectivity index (χ3n) is 5.31. The Morgan fingerprint density at radius 2 is 1.88 bits per heavy atom. The fourth-order valence-electron chi connectivity index (χ4n) is 3.57. The number of aromatic nitrogens is 8. The summed E-state index contributed by atoms with van der Waals surface area (Å²) < 4.78 is 5.90. The van der Waals surface area contributed by atoms with E-state index < -0.39 is 0 Å². The second-order valence-electron chi connectivity index (χ2n) is 7.99. The molecule has 0 radical (unpaired) electrons. The summed E-state index contributed by atoms with van der Waals surface area (Å²) in [7, 11) is 0. The first-order chi connectivity index (χ1) is 16.1. The minimum absolute atomic E-state index is 0.0393. The highest BCUT2D eigenvalue weighted by Crippen LogP contribution is 2.33. The first-order valence-corrected chi connectivity index (χ1v) is 11.6. The molecular formula is C22H32N8O3. The molecule has 0 aliphatic heterocycles. The molecule has 0 spiro atoms. The number of phenols is 1. The van der Waals surface area contributed by atoms with Gasteiger partial charge in [-0.1, -0.05) is 25.0 Å². The molecule has 1 aromatic carbocycles. The Kier molecular flexibility index (Phi) is 9.28. The van der Waals surface area contributed by atoms with Gasteiger partial charge in [-0.3, -0.25) is 4.79 Å². The first-order valence-electron chi connectivity index (χ1n) is 11.6. The molecule has 0 aliphatic rings. The van der Waals surface area contributed by atoms with E-state index >= 15 is 0 Å². The van der Waals surface area contributed by atoms with Crippen molar-refractivity contribution in [3.05, 3.63) is 34.9 Å². The summed E-state index contributed by atoms with van der Waals surface area (Å²) in [6.07, 6.45) is 7.76. The zero-order valence-electron chi connectivity index (χ0n) is 19.3. The maximum absolute atomic E-state index is 11.7. The van der Waals surface area contributed by atoms with Crippen LogP contribution < -0.4 is 4.74 Å². The number of unbranched alkanes of at least 4 members (excludes halogenated alkanes) is 3. The Labute approximate surface area is 192 Å². The van der Waals surface area contributed by atoms with E-state index in [2.05, 4.69) is 36.0 Å². The number of carbonyl (C=O) groups excluding carboxylic acids is 1. The van der Waals surface area contributed by atoms with E-state index in [9.17, 15) is 9.90 Å². The number of Topliss-reactive ketones (excluding diaryl/α,β-unsaturated/α-hetero) is 1. The number of rotatable bonds is 15. The summed E-state index contributed by atoms with van der Waals surface area (Å²) in [6.45, 7) is 4.74. The van der Waals surface area contributed by atoms with Crippen molar-refractivity contribution in [3.63, 3.8) is 0 Å². The lowest BCUT2D eigenvalue weighted by molar-refractivity contribution is 0.101. The zero-order valence-corrected chi connectivity index (χ0v) is 19.3. The lowest BCUT2D eigenvalue weighted by Gasteiger charge is -2.14. The Bertz CT molecular complexity index is 1000. The standard InChI is InChI=1S/C22H32N8O3/c1-3-9-18-19(13-12-17(16(2)31)22(18)32)33-15-8-6-11-21-25-29-30(26-21)14-7-4-5-10-20-23-27-28-24-20/h12-13,32H,3-11,14-15H2,1-2H3,(H,23,24,27,28). The van der Waals surface area contributed by atoms with Crippen LogP contribution in [0.15, 0.2) is 12.1 Å². The van der Waals surface area contributed by atoms with E-state index in [0.717, 1.165) is 69.6 Å². The molecule has 178 valence electrons. The molecule has 0 fully saturated rings. The Morgan fingerprint density at radius 1 is 1.06 bits per heavy atom. The third-order valence-corrected chi connectivity index (χ3v) is 5.31. The number of ether oxygens (including phenoxy) is 1. The van der Waals surface area contributed by atoms with Crippen molar-refractivity contribution >= 4 is 5.78 Å². The summed E-state index contributed by atoms with van der Waals surface area (Å²) in [5.41, 5.74) is 1.04. The topological polar surface area (TPSA) is 145 Å². The summed E-state index contributed by atoms with van der Waals surface area (Å²) in [6, 6.07) is 3.40. The van der Waals surface area contributed by atoms with Gasteiger partial charge in [-0.2, -0.15) is 10.0 Å². The molecule has 3 rings (SSSR count). The first kappa shape index (κ1) is 24.3. The smallest absolute Gasteiger partial charge is 0.174 e. The largest absolute Gasteiger partial charge is 0.507 e. The minimum atomic E-state index is -0.152. The van der Waals surface area contributed by atoms with Crippen molar-refractivity contribution in [2.45, 2.75) is 78.2 Å². The van der Waals surface area contributed by atoms with Crippen LogP contribution in [0.2, 0.25) is 0 Å². The predicted molar refractivity (Wildman–Crippen MR) is 120 cm³/mol. The maximum atomic E-state index is 11.7. The molecule has 2 N–H and O–H groups in total. The second kappa shape index (κ2) is 12.6. The predicted octanol–water partition coefficient (Wildman–Crippen LogP) is 2.86. The lowest BCUT2D eigenvalue weighted by atomic mass is 10.0. The normalized spacial score (nSPS) is 11.1. The van der Waals surface area contributed by atoms with Crippen LogP contribution in [0.3, 0.4) is 0 Å². The van der Waals surface area contributed by atoms with Crippen LogP contribution in [0.25, 0.3) is 0 Å². The fourth-order valence-corrected chi connectivity index (χ4v) is 3.57. The average Bonchev–Trinajstić information content (AvgIpc) is 3.47. The number of nitrogens with one attached hydrogen (secondary N) is 1. The number of tetrazole rings is 2. The number of ketones is 1. The van der Waals surface area contributed by atoms with Gasteiger partial charge >= 0.3 is 0 Å². The van der Waals surface area contributed by atoms with Gasteiger partial charge in [0.25, 0.3) is 0 Å². The molecule has 0 atom stereocenters. The Hall–Kier alpha value is -3.37. The molecule has 2 aromatic heterocycles. The number of H-pyrrole nitrogens is 1. The van der Waals surface area contributed by atoms with Crippen LogP contribution in [0.5, 0.6) is 11.5 Å². The highest BCUT2D eigenvalue weighted by Gasteiger charge is 2.15. The number of aryl methyl sites for hydroxylation is 3. The molecule has 0 unspecified atom stereocenters. The van der Waals surface area contributed by atoms with Gasteiger partial charge in [0.15, 0.2) is 17.4 Å². The highest BCUT2D eigenvalue weighted by atomic mass is 16.5. The maximum Gasteiger partial charge on any atom is 0.174 e. The van der Waals surface area contributed by atoms with Gasteiger partial charge in [-0.05, 0) is 56.4 Å². The molecular weight excluding hydrogens is 424 g/mol. The Balaban J connectivity index is 1.35. The SMILES string of the molecule is CCCc1c(OCCCCc2nnn(CCCCCc3nn[nH]n3)n2)ccc(C(C)=O)c1O. The fraction of sp³-hybridized carbons (Fsp3) is 0.591. The summed E-state index contributed by atoms with van der Waals surface area (Å²) in [4.78, 5) is 13.3. The van der Waals surface area contributed by atoms with Crippen molar-refractivity contribution in [3.8, 4) is 11.5 Å². The van der Waals surface area contributed by atoms with Crippen LogP contribution in [-0.2, 0) is 25.8 Å². The average molecular weight is 457 g/mol. The van der Waals surface area contributed by atoms with Gasteiger partial charge in [-0.25, -0.2) is 0 Å². The summed E-state index contributed by atoms with van der Waals surface area (Å²) >= 11 is 0. The molecule has 33 heavy (non-hydrogen) atoms. The van der Waals surface area contributed by atoms with E-state index in [-0.39, 0.29) is 11.5 Å². The molecule has 0 saturated carbocycles. The highest BCUT2D eigenvalue weighted by molar-refractivity contribution is 5.97. The number of aromatic hydroxyl groups is 1. The van der Waals surface area contributed by atoms with E-state index in [1.807, 2.05) is 6.92 Å². The van der Waals surface area contributed by atoms with E-state index in [1.54, 1.807) is 16.9 Å². The number of nitrogens with zero attached hydrogens (tertiary/aromatic N) is 7. The third kappa shape index (κ3) is 7.33. The molecule has 0 bridgehead atoms. The van der Waals surface area contributed by atoms with Crippen LogP contribution in [-0.4, -0.2) is 58.3 Å². The molecule has 0 aliphatic carbocycles. The molecule has 3 aromatic rings. The second-order valence-corrected chi connectivity index (χ2v) is 7.99. The van der Waals surface area contributed by atoms with Crippen LogP contribution >= 0.6 is 0 Å². The van der Waals surface area contributed by atoms with Crippen molar-refractivity contribution in [2.75, 3.05) is 6.61 Å². The quantitative estimate of drug-likeness (QED) is 0.260. The number of hydrogen-bond donors (Lipinski definition) is 2. The van der Waals surface area contributed by atoms with Crippen LogP contribution in [0.1, 0.15) is 79.9 Å². The zero-order chi connectivity index (χ0) is 23.5. The molecule has 11 nitrogen and oxygen atoms in total. The number of phenolic OH excluding ortho intramolecular Hbond substituents is 1. The van der Waals surface area contributed by atoms with E-state index in [0.29, 0.717) is 29.9 Å². The number of carbonyl (C=O) groups is 1. The summed E-state index contributed by atoms with van der Waals surface area (Å²) in [5.74, 6) is 2.00. The number of aromatic amines is 1. The number of hydrogen-bond acceptors (Lipinski definition) is 9. The van der Waals surface area contributed by atoms with E-state index in [1.165, 1.54) is 6.92 Å². The van der Waals surface area contributed by atoms with Crippen molar-refractivity contribution in [2.24, 2.45) is 0 Å². The molecule has 0 amide bonds. The lowest BCUT2D eigenvalue weighted by Crippen LogP contribution is -2.04. The summed E-state index contributed by atoms with van der Waals surface area (Å²) in [5, 5.41) is 37.0. The van der Waals surface area contributed by atoms with Crippen molar-refractivity contribution in [1.82, 2.24) is 40.8 Å². The monoisotopic (exact) mass is 456 g/mol. The molecule has 11 heteroatoms. The number of benzene rings is 1. The Morgan fingerprint density at radius 3 is 2.64 bits per heavy atom. The molecule has 2 heterocycles. The van der Waals surface area contributed by atoms with Gasteiger partial charge in [-0.15, -0.1) is 20.4 Å². The van der Waals surface area contributed by atoms with Gasteiger partial charge in [0.1, 0.15) is 11.5 Å². The molecule has 0 saturated heterocycles. The van der Waals surface area contributed by atoms with Gasteiger partial charge in [0, 0.05) is 18.4 Å². The van der Waals surface area contributed by atoms with Gasteiger partial charge in [0.05, 0.1) is 18.7 Å². The van der Waals surface area contributed by atoms with E-state index in [4.69, 9.17) is 4.74 Å².